The first kappa shape index (κ1) is 14.5. The Labute approximate surface area is 119 Å². The molecule has 1 aromatic heterocycles. The summed E-state index contributed by atoms with van der Waals surface area (Å²) in [6.45, 7) is 6.53. The van der Waals surface area contributed by atoms with Crippen LogP contribution < -0.4 is 10.1 Å². The van der Waals surface area contributed by atoms with Gasteiger partial charge in [-0.05, 0) is 30.0 Å². The average Bonchev–Trinajstić information content (AvgIpc) is 2.93. The van der Waals surface area contributed by atoms with Gasteiger partial charge in [0, 0.05) is 6.54 Å². The van der Waals surface area contributed by atoms with Gasteiger partial charge in [0.1, 0.15) is 5.75 Å². The molecule has 1 N–H and O–H groups in total. The molecule has 108 valence electrons. The Hall–Kier alpha value is -1.88. The second-order valence-electron chi connectivity index (χ2n) is 5.13. The van der Waals surface area contributed by atoms with Gasteiger partial charge in [-0.3, -0.25) is 0 Å². The highest BCUT2D eigenvalue weighted by Gasteiger charge is 2.00. The minimum absolute atomic E-state index is 0.600. The Morgan fingerprint density at radius 2 is 2.00 bits per heavy atom. The van der Waals surface area contributed by atoms with Crippen LogP contribution in [0.25, 0.3) is 0 Å². The SMILES string of the molecule is CC(C)CCOc1ccc(CNCc2ncon2)cc1. The second kappa shape index (κ2) is 7.65. The molecule has 0 saturated carbocycles. The molecule has 0 bridgehead atoms. The monoisotopic (exact) mass is 275 g/mol. The Bertz CT molecular complexity index is 480. The summed E-state index contributed by atoms with van der Waals surface area (Å²) in [5.74, 6) is 2.26. The standard InChI is InChI=1S/C15H21N3O2/c1-12(2)7-8-19-14-5-3-13(4-6-14)9-16-10-15-17-11-20-18-15/h3-6,11-12,16H,7-10H2,1-2H3. The lowest BCUT2D eigenvalue weighted by Gasteiger charge is -2.09. The topological polar surface area (TPSA) is 60.2 Å². The predicted octanol–water partition coefficient (Wildman–Crippen LogP) is 2.78. The van der Waals surface area contributed by atoms with Crippen molar-refractivity contribution in [3.05, 3.63) is 42.0 Å². The minimum atomic E-state index is 0.600. The molecule has 0 aliphatic rings. The van der Waals surface area contributed by atoms with Crippen molar-refractivity contribution in [1.29, 1.82) is 0 Å². The van der Waals surface area contributed by atoms with E-state index in [1.165, 1.54) is 12.0 Å². The number of hydrogen-bond donors (Lipinski definition) is 1. The normalized spacial score (nSPS) is 10.9. The average molecular weight is 275 g/mol. The number of nitrogens with one attached hydrogen (secondary N) is 1. The molecule has 0 aliphatic heterocycles. The van der Waals surface area contributed by atoms with Gasteiger partial charge in [0.15, 0.2) is 5.82 Å². The van der Waals surface area contributed by atoms with Gasteiger partial charge in [-0.15, -0.1) is 0 Å². The van der Waals surface area contributed by atoms with E-state index in [2.05, 4.69) is 46.0 Å². The van der Waals surface area contributed by atoms with E-state index in [4.69, 9.17) is 4.74 Å². The summed E-state index contributed by atoms with van der Waals surface area (Å²) < 4.78 is 10.4. The molecule has 0 saturated heterocycles. The molecule has 5 heteroatoms. The molecular formula is C15H21N3O2. The lowest BCUT2D eigenvalue weighted by Crippen LogP contribution is -2.13. The number of hydrogen-bond acceptors (Lipinski definition) is 5. The number of ether oxygens (including phenoxy) is 1. The van der Waals surface area contributed by atoms with E-state index in [1.807, 2.05) is 12.1 Å². The fourth-order valence-corrected chi connectivity index (χ4v) is 1.70. The van der Waals surface area contributed by atoms with Gasteiger partial charge in [0.25, 0.3) is 0 Å². The third-order valence-electron chi connectivity index (χ3n) is 2.91. The summed E-state index contributed by atoms with van der Waals surface area (Å²) >= 11 is 0. The van der Waals surface area contributed by atoms with Crippen LogP contribution in [0.1, 0.15) is 31.7 Å². The van der Waals surface area contributed by atoms with Crippen molar-refractivity contribution in [3.63, 3.8) is 0 Å². The van der Waals surface area contributed by atoms with Crippen LogP contribution in [0.3, 0.4) is 0 Å². The fourth-order valence-electron chi connectivity index (χ4n) is 1.70. The predicted molar refractivity (Wildman–Crippen MR) is 76.2 cm³/mol. The van der Waals surface area contributed by atoms with E-state index in [-0.39, 0.29) is 0 Å². The van der Waals surface area contributed by atoms with E-state index in [0.717, 1.165) is 25.3 Å². The maximum Gasteiger partial charge on any atom is 0.213 e. The van der Waals surface area contributed by atoms with Gasteiger partial charge in [-0.25, -0.2) is 0 Å². The molecule has 0 radical (unpaired) electrons. The summed E-state index contributed by atoms with van der Waals surface area (Å²) in [6, 6.07) is 8.14. The van der Waals surface area contributed by atoms with E-state index in [1.54, 1.807) is 0 Å². The maximum atomic E-state index is 5.68. The van der Waals surface area contributed by atoms with E-state index < -0.39 is 0 Å². The maximum absolute atomic E-state index is 5.68. The second-order valence-corrected chi connectivity index (χ2v) is 5.13. The first-order valence-electron chi connectivity index (χ1n) is 6.92. The van der Waals surface area contributed by atoms with Crippen molar-refractivity contribution in [1.82, 2.24) is 15.5 Å². The molecule has 1 heterocycles. The molecule has 0 spiro atoms. The van der Waals surface area contributed by atoms with Crippen LogP contribution in [-0.2, 0) is 13.1 Å². The highest BCUT2D eigenvalue weighted by atomic mass is 16.5. The molecule has 2 aromatic rings. The van der Waals surface area contributed by atoms with Crippen LogP contribution in [-0.4, -0.2) is 16.7 Å². The van der Waals surface area contributed by atoms with Crippen molar-refractivity contribution < 1.29 is 9.26 Å². The van der Waals surface area contributed by atoms with Crippen molar-refractivity contribution in [2.24, 2.45) is 5.92 Å². The van der Waals surface area contributed by atoms with Gasteiger partial charge < -0.3 is 14.6 Å². The van der Waals surface area contributed by atoms with Crippen LogP contribution in [0, 0.1) is 5.92 Å². The zero-order chi connectivity index (χ0) is 14.2. The van der Waals surface area contributed by atoms with Gasteiger partial charge >= 0.3 is 0 Å². The smallest absolute Gasteiger partial charge is 0.213 e. The van der Waals surface area contributed by atoms with Gasteiger partial charge in [-0.2, -0.15) is 4.98 Å². The molecule has 0 fully saturated rings. The zero-order valence-electron chi connectivity index (χ0n) is 12.0. The van der Waals surface area contributed by atoms with Crippen LogP contribution in [0.4, 0.5) is 0 Å². The molecule has 2 rings (SSSR count). The van der Waals surface area contributed by atoms with Gasteiger partial charge in [0.05, 0.1) is 13.2 Å². The highest BCUT2D eigenvalue weighted by Crippen LogP contribution is 2.13. The third kappa shape index (κ3) is 5.01. The van der Waals surface area contributed by atoms with Crippen molar-refractivity contribution in [3.8, 4) is 5.75 Å². The summed E-state index contributed by atoms with van der Waals surface area (Å²) in [7, 11) is 0. The lowest BCUT2D eigenvalue weighted by atomic mass is 10.1. The first-order valence-corrected chi connectivity index (χ1v) is 6.92. The molecule has 1 aromatic carbocycles. The number of benzene rings is 1. The number of nitrogens with zero attached hydrogens (tertiary/aromatic N) is 2. The summed E-state index contributed by atoms with van der Waals surface area (Å²) in [5.41, 5.74) is 1.20. The Morgan fingerprint density at radius 1 is 1.20 bits per heavy atom. The van der Waals surface area contributed by atoms with E-state index in [0.29, 0.717) is 18.3 Å². The fraction of sp³-hybridized carbons (Fsp3) is 0.467. The Kier molecular flexibility index (Phi) is 5.55. The number of aromatic nitrogens is 2. The van der Waals surface area contributed by atoms with Crippen LogP contribution in [0.15, 0.2) is 35.2 Å². The Balaban J connectivity index is 1.71. The molecular weight excluding hydrogens is 254 g/mol. The molecule has 20 heavy (non-hydrogen) atoms. The molecule has 0 atom stereocenters. The van der Waals surface area contributed by atoms with Crippen LogP contribution in [0.2, 0.25) is 0 Å². The lowest BCUT2D eigenvalue weighted by molar-refractivity contribution is 0.289. The molecule has 5 nitrogen and oxygen atoms in total. The highest BCUT2D eigenvalue weighted by molar-refractivity contribution is 5.27. The van der Waals surface area contributed by atoms with Crippen molar-refractivity contribution in [2.45, 2.75) is 33.4 Å². The van der Waals surface area contributed by atoms with Crippen LogP contribution in [0.5, 0.6) is 5.75 Å². The number of rotatable bonds is 8. The van der Waals surface area contributed by atoms with Crippen molar-refractivity contribution in [2.75, 3.05) is 6.61 Å². The summed E-state index contributed by atoms with van der Waals surface area (Å²) in [5, 5.41) is 7.00. The Morgan fingerprint density at radius 3 is 2.65 bits per heavy atom. The molecule has 0 unspecified atom stereocenters. The largest absolute Gasteiger partial charge is 0.494 e. The van der Waals surface area contributed by atoms with E-state index in [9.17, 15) is 0 Å². The van der Waals surface area contributed by atoms with Crippen molar-refractivity contribution >= 4 is 0 Å². The molecule has 0 amide bonds. The minimum Gasteiger partial charge on any atom is -0.494 e. The molecule has 0 aliphatic carbocycles. The first-order chi connectivity index (χ1) is 9.74. The van der Waals surface area contributed by atoms with Gasteiger partial charge in [-0.1, -0.05) is 31.1 Å². The zero-order valence-corrected chi connectivity index (χ0v) is 12.0. The summed E-state index contributed by atoms with van der Waals surface area (Å²) in [4.78, 5) is 3.95. The quantitative estimate of drug-likeness (QED) is 0.802. The van der Waals surface area contributed by atoms with Gasteiger partial charge in [0.2, 0.25) is 6.39 Å². The summed E-state index contributed by atoms with van der Waals surface area (Å²) in [6.07, 6.45) is 2.41. The van der Waals surface area contributed by atoms with Crippen LogP contribution >= 0.6 is 0 Å². The third-order valence-corrected chi connectivity index (χ3v) is 2.91. The van der Waals surface area contributed by atoms with E-state index >= 15 is 0 Å².